The van der Waals surface area contributed by atoms with Crippen molar-refractivity contribution in [3.63, 3.8) is 0 Å². The molecule has 1 aromatic rings. The Morgan fingerprint density at radius 2 is 2.27 bits per heavy atom. The number of phenols is 1. The second kappa shape index (κ2) is 3.80. The van der Waals surface area contributed by atoms with Crippen molar-refractivity contribution in [2.24, 2.45) is 0 Å². The molecule has 59 valence electrons. The summed E-state index contributed by atoms with van der Waals surface area (Å²) in [6.45, 7) is 0. The topological polar surface area (TPSA) is 29.5 Å². The lowest BCUT2D eigenvalue weighted by atomic mass is 10.2. The zero-order valence-electron chi connectivity index (χ0n) is 6.04. The van der Waals surface area contributed by atoms with Crippen molar-refractivity contribution in [2.45, 2.75) is 0 Å². The van der Waals surface area contributed by atoms with Crippen LogP contribution in [0.4, 0.5) is 0 Å². The van der Waals surface area contributed by atoms with Crippen molar-refractivity contribution in [2.75, 3.05) is 7.11 Å². The highest BCUT2D eigenvalue weighted by atomic mass is 127. The standard InChI is InChI=1S/C8H8IO2/c1-11-8-4-6(5-9)2-3-7(8)10/h2-5,10H,1H3. The predicted octanol–water partition coefficient (Wildman–Crippen LogP) is 2.35. The molecule has 0 aliphatic carbocycles. The van der Waals surface area contributed by atoms with Crippen LogP contribution in [0.1, 0.15) is 5.56 Å². The smallest absolute Gasteiger partial charge is 0.160 e. The number of halogens is 1. The highest BCUT2D eigenvalue weighted by Gasteiger charge is 2.00. The first kappa shape index (κ1) is 8.64. The number of hydrogen-bond donors (Lipinski definition) is 1. The summed E-state index contributed by atoms with van der Waals surface area (Å²) in [4.78, 5) is 0. The van der Waals surface area contributed by atoms with E-state index in [1.807, 2.05) is 10.5 Å². The lowest BCUT2D eigenvalue weighted by molar-refractivity contribution is 0.373. The molecule has 0 aromatic heterocycles. The van der Waals surface area contributed by atoms with E-state index in [4.69, 9.17) is 4.74 Å². The molecule has 0 atom stereocenters. The maximum Gasteiger partial charge on any atom is 0.160 e. The average molecular weight is 263 g/mol. The van der Waals surface area contributed by atoms with E-state index in [0.29, 0.717) is 5.75 Å². The van der Waals surface area contributed by atoms with Crippen LogP contribution in [-0.4, -0.2) is 12.2 Å². The van der Waals surface area contributed by atoms with Gasteiger partial charge in [-0.05, 0) is 17.7 Å². The van der Waals surface area contributed by atoms with Crippen molar-refractivity contribution >= 4 is 22.6 Å². The third kappa shape index (κ3) is 1.99. The number of methoxy groups -OCH3 is 1. The molecule has 0 bridgehead atoms. The van der Waals surface area contributed by atoms with Gasteiger partial charge < -0.3 is 9.84 Å². The van der Waals surface area contributed by atoms with Crippen LogP contribution >= 0.6 is 22.6 Å². The van der Waals surface area contributed by atoms with Gasteiger partial charge in [0.1, 0.15) is 0 Å². The SMILES string of the molecule is COc1cc([CH]I)ccc1O. The maximum atomic E-state index is 9.19. The summed E-state index contributed by atoms with van der Waals surface area (Å²) in [5.41, 5.74) is 1.03. The van der Waals surface area contributed by atoms with Crippen molar-refractivity contribution in [1.29, 1.82) is 0 Å². The molecule has 0 aliphatic heterocycles. The Balaban J connectivity index is 3.02. The Hall–Kier alpha value is -0.450. The van der Waals surface area contributed by atoms with Crippen LogP contribution in [0, 0.1) is 4.43 Å². The number of hydrogen-bond acceptors (Lipinski definition) is 2. The van der Waals surface area contributed by atoms with Crippen LogP contribution < -0.4 is 4.74 Å². The van der Waals surface area contributed by atoms with Gasteiger partial charge in [-0.25, -0.2) is 0 Å². The Bertz CT molecular complexity index is 248. The van der Waals surface area contributed by atoms with Crippen LogP contribution in [-0.2, 0) is 0 Å². The number of phenolic OH excluding ortho intramolecular Hbond substituents is 1. The molecule has 0 amide bonds. The van der Waals surface area contributed by atoms with Crippen LogP contribution in [0.5, 0.6) is 11.5 Å². The molecule has 3 heteroatoms. The molecule has 0 spiro atoms. The molecular formula is C8H8IO2. The minimum Gasteiger partial charge on any atom is -0.504 e. The third-order valence-electron chi connectivity index (χ3n) is 1.33. The predicted molar refractivity (Wildman–Crippen MR) is 52.1 cm³/mol. The van der Waals surface area contributed by atoms with Gasteiger partial charge in [-0.15, -0.1) is 0 Å². The summed E-state index contributed by atoms with van der Waals surface area (Å²) in [5.74, 6) is 0.685. The van der Waals surface area contributed by atoms with Gasteiger partial charge >= 0.3 is 0 Å². The van der Waals surface area contributed by atoms with Crippen molar-refractivity contribution < 1.29 is 9.84 Å². The average Bonchev–Trinajstić information content (AvgIpc) is 2.05. The summed E-state index contributed by atoms with van der Waals surface area (Å²) in [5, 5.41) is 9.19. The second-order valence-corrected chi connectivity index (χ2v) is 2.66. The summed E-state index contributed by atoms with van der Waals surface area (Å²) >= 11 is 2.14. The normalized spacial score (nSPS) is 9.64. The number of rotatable bonds is 2. The van der Waals surface area contributed by atoms with E-state index in [-0.39, 0.29) is 5.75 Å². The van der Waals surface area contributed by atoms with E-state index in [1.54, 1.807) is 12.1 Å². The van der Waals surface area contributed by atoms with Crippen molar-refractivity contribution in [3.05, 3.63) is 28.2 Å². The van der Waals surface area contributed by atoms with Gasteiger partial charge in [-0.1, -0.05) is 28.7 Å². The van der Waals surface area contributed by atoms with Gasteiger partial charge in [0.05, 0.1) is 11.5 Å². The van der Waals surface area contributed by atoms with Crippen LogP contribution in [0.25, 0.3) is 0 Å². The summed E-state index contributed by atoms with van der Waals surface area (Å²) in [7, 11) is 1.53. The van der Waals surface area contributed by atoms with E-state index in [2.05, 4.69) is 22.6 Å². The fourth-order valence-corrected chi connectivity index (χ4v) is 1.15. The number of benzene rings is 1. The van der Waals surface area contributed by atoms with Crippen molar-refractivity contribution in [3.8, 4) is 11.5 Å². The van der Waals surface area contributed by atoms with E-state index in [1.165, 1.54) is 7.11 Å². The third-order valence-corrected chi connectivity index (χ3v) is 2.05. The Kier molecular flexibility index (Phi) is 2.99. The minimum absolute atomic E-state index is 0.175. The fraction of sp³-hybridized carbons (Fsp3) is 0.125. The largest absolute Gasteiger partial charge is 0.504 e. The molecule has 0 fully saturated rings. The molecule has 0 saturated carbocycles. The van der Waals surface area contributed by atoms with Gasteiger partial charge in [-0.3, -0.25) is 0 Å². The van der Waals surface area contributed by atoms with E-state index in [0.717, 1.165) is 5.56 Å². The van der Waals surface area contributed by atoms with E-state index >= 15 is 0 Å². The maximum absolute atomic E-state index is 9.19. The monoisotopic (exact) mass is 263 g/mol. The van der Waals surface area contributed by atoms with E-state index in [9.17, 15) is 5.11 Å². The summed E-state index contributed by atoms with van der Waals surface area (Å²) in [6.07, 6.45) is 0. The van der Waals surface area contributed by atoms with Gasteiger partial charge in [-0.2, -0.15) is 0 Å². The molecule has 2 nitrogen and oxygen atoms in total. The van der Waals surface area contributed by atoms with Crippen molar-refractivity contribution in [1.82, 2.24) is 0 Å². The molecule has 1 rings (SSSR count). The van der Waals surface area contributed by atoms with Gasteiger partial charge in [0.2, 0.25) is 0 Å². The lowest BCUT2D eigenvalue weighted by Gasteiger charge is -2.03. The molecule has 0 heterocycles. The van der Waals surface area contributed by atoms with Crippen LogP contribution in [0.15, 0.2) is 18.2 Å². The Morgan fingerprint density at radius 1 is 1.55 bits per heavy atom. The summed E-state index contributed by atoms with van der Waals surface area (Å²) < 4.78 is 6.83. The van der Waals surface area contributed by atoms with Gasteiger partial charge in [0, 0.05) is 0 Å². The first-order valence-electron chi connectivity index (χ1n) is 3.08. The summed E-state index contributed by atoms with van der Waals surface area (Å²) in [6, 6.07) is 5.22. The van der Waals surface area contributed by atoms with Gasteiger partial charge in [0.15, 0.2) is 11.5 Å². The molecule has 1 N–H and O–H groups in total. The Morgan fingerprint density at radius 3 is 2.82 bits per heavy atom. The molecular weight excluding hydrogens is 255 g/mol. The zero-order chi connectivity index (χ0) is 8.27. The second-order valence-electron chi connectivity index (χ2n) is 2.04. The Labute approximate surface area is 79.3 Å². The first-order chi connectivity index (χ1) is 5.27. The highest BCUT2D eigenvalue weighted by molar-refractivity contribution is 14.1. The quantitative estimate of drug-likeness (QED) is 0.830. The highest BCUT2D eigenvalue weighted by Crippen LogP contribution is 2.27. The zero-order valence-corrected chi connectivity index (χ0v) is 8.20. The lowest BCUT2D eigenvalue weighted by Crippen LogP contribution is -1.84. The molecule has 11 heavy (non-hydrogen) atoms. The van der Waals surface area contributed by atoms with E-state index < -0.39 is 0 Å². The number of aromatic hydroxyl groups is 1. The minimum atomic E-state index is 0.175. The molecule has 0 unspecified atom stereocenters. The van der Waals surface area contributed by atoms with Gasteiger partial charge in [0.25, 0.3) is 0 Å². The van der Waals surface area contributed by atoms with Crippen LogP contribution in [0.3, 0.4) is 0 Å². The number of ether oxygens (including phenoxy) is 1. The molecule has 1 radical (unpaired) electrons. The molecule has 1 aromatic carbocycles. The fourth-order valence-electron chi connectivity index (χ4n) is 0.762. The van der Waals surface area contributed by atoms with Crippen LogP contribution in [0.2, 0.25) is 0 Å². The molecule has 0 saturated heterocycles. The first-order valence-corrected chi connectivity index (χ1v) is 4.33. The molecule has 0 aliphatic rings.